The second-order valence-electron chi connectivity index (χ2n) is 14.6. The number of esters is 1. The van der Waals surface area contributed by atoms with E-state index in [2.05, 4.69) is 58.1 Å². The summed E-state index contributed by atoms with van der Waals surface area (Å²) >= 11 is 0. The molecule has 0 unspecified atom stereocenters. The third kappa shape index (κ3) is 6.36. The van der Waals surface area contributed by atoms with E-state index in [-0.39, 0.29) is 23.0 Å². The van der Waals surface area contributed by atoms with E-state index < -0.39 is 8.32 Å². The molecule has 0 aromatic heterocycles. The SMILES string of the molecule is CCOC(=O)c1cccc(/C(=C/CCc2ccc(O[Si](C)(C)C(C)(C)C)c(C34CC5CC(CC(C5)C3)C4)c2)CO)c1. The van der Waals surface area contributed by atoms with Crippen LogP contribution in [0, 0.1) is 17.8 Å². The second-order valence-corrected chi connectivity index (χ2v) is 19.3. The maximum atomic E-state index is 12.2. The zero-order valence-electron chi connectivity index (χ0n) is 26.1. The van der Waals surface area contributed by atoms with Gasteiger partial charge in [0.25, 0.3) is 0 Å². The van der Waals surface area contributed by atoms with Crippen LogP contribution in [-0.4, -0.2) is 32.6 Å². The van der Waals surface area contributed by atoms with Crippen molar-refractivity contribution in [3.05, 3.63) is 70.8 Å². The van der Waals surface area contributed by atoms with Gasteiger partial charge in [0, 0.05) is 0 Å². The van der Waals surface area contributed by atoms with E-state index in [0.717, 1.165) is 47.5 Å². The number of aliphatic hydroxyl groups excluding tert-OH is 1. The van der Waals surface area contributed by atoms with Crippen LogP contribution < -0.4 is 4.43 Å². The van der Waals surface area contributed by atoms with Gasteiger partial charge in [0.2, 0.25) is 8.32 Å². The Labute approximate surface area is 248 Å². The van der Waals surface area contributed by atoms with Crippen LogP contribution in [0.3, 0.4) is 0 Å². The molecule has 4 nitrogen and oxygen atoms in total. The Morgan fingerprint density at radius 3 is 2.22 bits per heavy atom. The lowest BCUT2D eigenvalue weighted by molar-refractivity contribution is -0.00589. The van der Waals surface area contributed by atoms with Gasteiger partial charge in [-0.1, -0.05) is 51.1 Å². The highest BCUT2D eigenvalue weighted by atomic mass is 28.4. The number of allylic oxidation sites excluding steroid dienone is 1. The molecule has 0 saturated heterocycles. The van der Waals surface area contributed by atoms with Crippen molar-refractivity contribution in [1.82, 2.24) is 0 Å². The number of hydrogen-bond acceptors (Lipinski definition) is 4. The lowest BCUT2D eigenvalue weighted by Gasteiger charge is -2.57. The largest absolute Gasteiger partial charge is 0.543 e. The zero-order chi connectivity index (χ0) is 29.4. The molecule has 2 aromatic carbocycles. The van der Waals surface area contributed by atoms with Crippen LogP contribution in [0.4, 0.5) is 0 Å². The predicted octanol–water partition coefficient (Wildman–Crippen LogP) is 8.72. The lowest BCUT2D eigenvalue weighted by Crippen LogP contribution is -2.49. The van der Waals surface area contributed by atoms with Gasteiger partial charge in [-0.2, -0.15) is 0 Å². The van der Waals surface area contributed by atoms with Crippen molar-refractivity contribution >= 4 is 19.9 Å². The molecule has 0 spiro atoms. The number of rotatable bonds is 10. The van der Waals surface area contributed by atoms with Gasteiger partial charge in [0.05, 0.1) is 18.8 Å². The first-order valence-electron chi connectivity index (χ1n) is 15.8. The van der Waals surface area contributed by atoms with Gasteiger partial charge >= 0.3 is 5.97 Å². The van der Waals surface area contributed by atoms with Crippen LogP contribution in [0.1, 0.15) is 99.7 Å². The summed E-state index contributed by atoms with van der Waals surface area (Å²) in [5, 5.41) is 10.3. The standard InChI is InChI=1S/C36H50O4Si/c1-7-39-34(38)30-12-9-11-29(20-30)31(24-37)13-8-10-25-14-15-33(40-41(5,6)35(2,3)4)32(19-25)36-21-26-16-27(22-36)18-28(17-26)23-36/h9,11-15,19-20,26-28,37H,7-8,10,16-18,21-24H2,1-6H3/b31-13+. The van der Waals surface area contributed by atoms with Gasteiger partial charge in [-0.3, -0.25) is 0 Å². The van der Waals surface area contributed by atoms with Crippen molar-refractivity contribution in [3.63, 3.8) is 0 Å². The molecular formula is C36H50O4Si. The smallest absolute Gasteiger partial charge is 0.338 e. The maximum absolute atomic E-state index is 12.2. The summed E-state index contributed by atoms with van der Waals surface area (Å²) in [6.07, 6.45) is 12.1. The van der Waals surface area contributed by atoms with Crippen LogP contribution in [0.15, 0.2) is 48.5 Å². The molecule has 2 aromatic rings. The molecule has 6 rings (SSSR count). The minimum absolute atomic E-state index is 0.0654. The van der Waals surface area contributed by atoms with Gasteiger partial charge in [-0.05, 0) is 140 Å². The molecule has 0 amide bonds. The van der Waals surface area contributed by atoms with Crippen LogP contribution in [-0.2, 0) is 16.6 Å². The summed E-state index contributed by atoms with van der Waals surface area (Å²) in [7, 11) is -1.98. The Hall–Kier alpha value is -2.37. The van der Waals surface area contributed by atoms with Gasteiger partial charge < -0.3 is 14.3 Å². The Kier molecular flexibility index (Phi) is 8.60. The number of carbonyl (C=O) groups excluding carboxylic acids is 1. The molecule has 4 aliphatic carbocycles. The molecule has 41 heavy (non-hydrogen) atoms. The van der Waals surface area contributed by atoms with E-state index in [0.29, 0.717) is 12.2 Å². The summed E-state index contributed by atoms with van der Waals surface area (Å²) < 4.78 is 12.2. The molecule has 0 heterocycles. The third-order valence-corrected chi connectivity index (χ3v) is 14.9. The Balaban J connectivity index is 1.40. The van der Waals surface area contributed by atoms with Crippen molar-refractivity contribution in [2.75, 3.05) is 13.2 Å². The monoisotopic (exact) mass is 574 g/mol. The van der Waals surface area contributed by atoms with E-state index in [4.69, 9.17) is 9.16 Å². The molecule has 4 bridgehead atoms. The Morgan fingerprint density at radius 2 is 1.63 bits per heavy atom. The van der Waals surface area contributed by atoms with Crippen molar-refractivity contribution in [1.29, 1.82) is 0 Å². The third-order valence-electron chi connectivity index (χ3n) is 10.6. The number of ether oxygens (including phenoxy) is 1. The number of hydrogen-bond donors (Lipinski definition) is 1. The van der Waals surface area contributed by atoms with Crippen LogP contribution in [0.25, 0.3) is 5.57 Å². The van der Waals surface area contributed by atoms with Gasteiger partial charge in [-0.25, -0.2) is 4.79 Å². The first kappa shape index (κ1) is 30.1. The van der Waals surface area contributed by atoms with Crippen molar-refractivity contribution in [3.8, 4) is 5.75 Å². The molecule has 222 valence electrons. The summed E-state index contributed by atoms with van der Waals surface area (Å²) in [6, 6.07) is 14.4. The quantitative estimate of drug-likeness (QED) is 0.228. The highest BCUT2D eigenvalue weighted by Crippen LogP contribution is 2.62. The molecule has 0 aliphatic heterocycles. The van der Waals surface area contributed by atoms with E-state index in [1.54, 1.807) is 6.07 Å². The highest BCUT2D eigenvalue weighted by Gasteiger charge is 2.53. The van der Waals surface area contributed by atoms with Gasteiger partial charge in [0.15, 0.2) is 0 Å². The van der Waals surface area contributed by atoms with Crippen molar-refractivity contribution in [2.45, 2.75) is 103 Å². The molecule has 4 saturated carbocycles. The maximum Gasteiger partial charge on any atom is 0.338 e. The number of aryl methyl sites for hydroxylation is 1. The molecule has 0 atom stereocenters. The second kappa shape index (κ2) is 11.7. The number of benzene rings is 2. The molecular weight excluding hydrogens is 524 g/mol. The van der Waals surface area contributed by atoms with E-state index in [9.17, 15) is 9.90 Å². The van der Waals surface area contributed by atoms with Crippen molar-refractivity contribution in [2.24, 2.45) is 17.8 Å². The Morgan fingerprint density at radius 1 is 1.00 bits per heavy atom. The van der Waals surface area contributed by atoms with E-state index in [1.807, 2.05) is 25.1 Å². The summed E-state index contributed by atoms with van der Waals surface area (Å²) in [4.78, 5) is 12.2. The minimum atomic E-state index is -1.98. The van der Waals surface area contributed by atoms with Gasteiger partial charge in [-0.15, -0.1) is 0 Å². The molecule has 5 heteroatoms. The topological polar surface area (TPSA) is 55.8 Å². The fourth-order valence-corrected chi connectivity index (χ4v) is 8.89. The highest BCUT2D eigenvalue weighted by molar-refractivity contribution is 6.74. The zero-order valence-corrected chi connectivity index (χ0v) is 27.1. The lowest BCUT2D eigenvalue weighted by atomic mass is 9.48. The Bertz CT molecular complexity index is 1250. The van der Waals surface area contributed by atoms with E-state index >= 15 is 0 Å². The summed E-state index contributed by atoms with van der Waals surface area (Å²) in [5.74, 6) is 3.46. The van der Waals surface area contributed by atoms with Crippen LogP contribution >= 0.6 is 0 Å². The molecule has 4 aliphatic rings. The molecule has 1 N–H and O–H groups in total. The average molecular weight is 575 g/mol. The van der Waals surface area contributed by atoms with Crippen molar-refractivity contribution < 1.29 is 19.1 Å². The fraction of sp³-hybridized carbons (Fsp3) is 0.583. The van der Waals surface area contributed by atoms with Crippen LogP contribution in [0.5, 0.6) is 5.75 Å². The fourth-order valence-electron chi connectivity index (χ4n) is 7.85. The van der Waals surface area contributed by atoms with Gasteiger partial charge in [0.1, 0.15) is 5.75 Å². The average Bonchev–Trinajstić information content (AvgIpc) is 2.90. The molecule has 0 radical (unpaired) electrons. The predicted molar refractivity (Wildman–Crippen MR) is 170 cm³/mol. The van der Waals surface area contributed by atoms with E-state index in [1.165, 1.54) is 49.7 Å². The first-order chi connectivity index (χ1) is 19.4. The molecule has 4 fully saturated rings. The minimum Gasteiger partial charge on any atom is -0.543 e. The summed E-state index contributed by atoms with van der Waals surface area (Å²) in [6.45, 7) is 13.8. The first-order valence-corrected chi connectivity index (χ1v) is 18.7. The van der Waals surface area contributed by atoms with Crippen LogP contribution in [0.2, 0.25) is 18.1 Å². The number of aliphatic hydroxyl groups is 1. The normalized spacial score (nSPS) is 25.8. The summed E-state index contributed by atoms with van der Waals surface area (Å²) in [5.41, 5.74) is 5.31. The number of carbonyl (C=O) groups is 1.